The summed E-state index contributed by atoms with van der Waals surface area (Å²) < 4.78 is 0. The highest BCUT2D eigenvalue weighted by Crippen LogP contribution is 2.25. The molecule has 1 N–H and O–H groups in total. The predicted octanol–water partition coefficient (Wildman–Crippen LogP) is 5.16. The van der Waals surface area contributed by atoms with Gasteiger partial charge in [-0.25, -0.2) is 0 Å². The first-order valence-electron chi connectivity index (χ1n) is 7.64. The van der Waals surface area contributed by atoms with Crippen LogP contribution in [0.2, 0.25) is 5.02 Å². The van der Waals surface area contributed by atoms with E-state index >= 15 is 0 Å². The molecule has 4 heteroatoms. The van der Waals surface area contributed by atoms with Crippen molar-refractivity contribution in [1.29, 1.82) is 0 Å². The van der Waals surface area contributed by atoms with Crippen molar-refractivity contribution in [3.63, 3.8) is 0 Å². The number of carbonyl (C=O) groups excluding carboxylic acids is 1. The zero-order valence-electron chi connectivity index (χ0n) is 13.5. The number of pyridine rings is 1. The van der Waals surface area contributed by atoms with E-state index < -0.39 is 0 Å². The minimum atomic E-state index is -0.207. The Bertz CT molecular complexity index is 948. The largest absolute Gasteiger partial charge is 0.322 e. The Kier molecular flexibility index (Phi) is 4.63. The molecule has 1 amide bonds. The first-order chi connectivity index (χ1) is 11.5. The van der Waals surface area contributed by atoms with Crippen LogP contribution < -0.4 is 5.32 Å². The normalized spacial score (nSPS) is 11.1. The molecule has 0 atom stereocenters. The summed E-state index contributed by atoms with van der Waals surface area (Å²) in [4.78, 5) is 16.7. The number of carbonyl (C=O) groups is 1. The topological polar surface area (TPSA) is 42.0 Å². The highest BCUT2D eigenvalue weighted by molar-refractivity contribution is 6.32. The summed E-state index contributed by atoms with van der Waals surface area (Å²) in [5.74, 6) is -0.207. The van der Waals surface area contributed by atoms with Crippen LogP contribution in [0.15, 0.2) is 54.7 Å². The van der Waals surface area contributed by atoms with E-state index in [0.29, 0.717) is 5.02 Å². The molecule has 24 heavy (non-hydrogen) atoms. The standard InChI is InChI=1S/C20H17ClN2O/c1-13-11-14(2)20-16(12-13)18(9-10-22-20)23-19(24)8-7-15-5-3-4-6-17(15)21/h3-12H,1-2H3,(H,22,23,24)/b8-7+. The van der Waals surface area contributed by atoms with Crippen molar-refractivity contribution in [2.75, 3.05) is 5.32 Å². The van der Waals surface area contributed by atoms with Crippen molar-refractivity contribution in [1.82, 2.24) is 4.98 Å². The van der Waals surface area contributed by atoms with E-state index in [1.54, 1.807) is 18.3 Å². The Balaban J connectivity index is 1.87. The number of benzene rings is 2. The second kappa shape index (κ2) is 6.85. The lowest BCUT2D eigenvalue weighted by Crippen LogP contribution is -2.08. The second-order valence-electron chi connectivity index (χ2n) is 5.68. The maximum atomic E-state index is 12.2. The summed E-state index contributed by atoms with van der Waals surface area (Å²) in [6.07, 6.45) is 4.89. The summed E-state index contributed by atoms with van der Waals surface area (Å²) in [7, 11) is 0. The summed E-state index contributed by atoms with van der Waals surface area (Å²) in [5, 5.41) is 4.47. The maximum Gasteiger partial charge on any atom is 0.248 e. The Morgan fingerprint density at radius 1 is 1.17 bits per heavy atom. The van der Waals surface area contributed by atoms with Crippen LogP contribution in [0.5, 0.6) is 0 Å². The number of fused-ring (bicyclic) bond motifs is 1. The van der Waals surface area contributed by atoms with Gasteiger partial charge in [0.15, 0.2) is 0 Å². The smallest absolute Gasteiger partial charge is 0.248 e. The third-order valence-corrected chi connectivity index (χ3v) is 4.10. The molecule has 0 aliphatic carbocycles. The fourth-order valence-electron chi connectivity index (χ4n) is 2.67. The molecule has 3 aromatic rings. The van der Waals surface area contributed by atoms with Gasteiger partial charge in [-0.2, -0.15) is 0 Å². The van der Waals surface area contributed by atoms with Gasteiger partial charge in [0.2, 0.25) is 5.91 Å². The van der Waals surface area contributed by atoms with Gasteiger partial charge in [-0.05, 0) is 49.2 Å². The van der Waals surface area contributed by atoms with Gasteiger partial charge in [-0.3, -0.25) is 9.78 Å². The molecule has 2 aromatic carbocycles. The minimum absolute atomic E-state index is 0.207. The summed E-state index contributed by atoms with van der Waals surface area (Å²) in [6, 6.07) is 13.3. The average Bonchev–Trinajstić information content (AvgIpc) is 2.55. The quantitative estimate of drug-likeness (QED) is 0.671. The maximum absolute atomic E-state index is 12.2. The van der Waals surface area contributed by atoms with Gasteiger partial charge in [0, 0.05) is 22.7 Å². The Morgan fingerprint density at radius 2 is 1.96 bits per heavy atom. The zero-order valence-corrected chi connectivity index (χ0v) is 14.3. The molecular weight excluding hydrogens is 320 g/mol. The molecule has 1 aromatic heterocycles. The molecule has 0 aliphatic heterocycles. The number of nitrogens with zero attached hydrogens (tertiary/aromatic N) is 1. The number of halogens is 1. The average molecular weight is 337 g/mol. The lowest BCUT2D eigenvalue weighted by molar-refractivity contribution is -0.111. The van der Waals surface area contributed by atoms with Crippen molar-refractivity contribution >= 4 is 40.2 Å². The third kappa shape index (κ3) is 3.47. The highest BCUT2D eigenvalue weighted by atomic mass is 35.5. The van der Waals surface area contributed by atoms with E-state index in [1.165, 1.54) is 6.08 Å². The van der Waals surface area contributed by atoms with Crippen molar-refractivity contribution in [3.05, 3.63) is 76.5 Å². The highest BCUT2D eigenvalue weighted by Gasteiger charge is 2.07. The van der Waals surface area contributed by atoms with Gasteiger partial charge < -0.3 is 5.32 Å². The van der Waals surface area contributed by atoms with Gasteiger partial charge in [0.05, 0.1) is 11.2 Å². The van der Waals surface area contributed by atoms with E-state index in [4.69, 9.17) is 11.6 Å². The number of hydrogen-bond acceptors (Lipinski definition) is 2. The SMILES string of the molecule is Cc1cc(C)c2nccc(NC(=O)/C=C/c3ccccc3Cl)c2c1. The molecule has 0 spiro atoms. The molecular formula is C20H17ClN2O. The van der Waals surface area contributed by atoms with Crippen LogP contribution in [0.25, 0.3) is 17.0 Å². The Labute approximate surface area is 146 Å². The number of hydrogen-bond donors (Lipinski definition) is 1. The molecule has 3 nitrogen and oxygen atoms in total. The van der Waals surface area contributed by atoms with Crippen molar-refractivity contribution in [3.8, 4) is 0 Å². The number of aryl methyl sites for hydroxylation is 2. The van der Waals surface area contributed by atoms with Gasteiger partial charge in [0.25, 0.3) is 0 Å². The number of anilines is 1. The molecule has 0 unspecified atom stereocenters. The fraction of sp³-hybridized carbons (Fsp3) is 0.100. The van der Waals surface area contributed by atoms with E-state index in [0.717, 1.165) is 33.3 Å². The van der Waals surface area contributed by atoms with Crippen LogP contribution in [-0.4, -0.2) is 10.9 Å². The van der Waals surface area contributed by atoms with Gasteiger partial charge in [-0.1, -0.05) is 41.4 Å². The van der Waals surface area contributed by atoms with Gasteiger partial charge in [-0.15, -0.1) is 0 Å². The van der Waals surface area contributed by atoms with Crippen LogP contribution in [-0.2, 0) is 4.79 Å². The van der Waals surface area contributed by atoms with E-state index in [1.807, 2.05) is 44.2 Å². The first kappa shape index (κ1) is 16.2. The predicted molar refractivity (Wildman–Crippen MR) is 100 cm³/mol. The molecule has 1 heterocycles. The van der Waals surface area contributed by atoms with Gasteiger partial charge >= 0.3 is 0 Å². The Hall–Kier alpha value is -2.65. The summed E-state index contributed by atoms with van der Waals surface area (Å²) in [5.41, 5.74) is 4.68. The fourth-order valence-corrected chi connectivity index (χ4v) is 2.87. The molecule has 0 saturated carbocycles. The van der Waals surface area contributed by atoms with Crippen LogP contribution in [0.1, 0.15) is 16.7 Å². The second-order valence-corrected chi connectivity index (χ2v) is 6.09. The summed E-state index contributed by atoms with van der Waals surface area (Å²) >= 11 is 6.09. The van der Waals surface area contributed by atoms with Crippen LogP contribution >= 0.6 is 11.6 Å². The van der Waals surface area contributed by atoms with Crippen LogP contribution in [0.4, 0.5) is 5.69 Å². The number of nitrogens with one attached hydrogen (secondary N) is 1. The lowest BCUT2D eigenvalue weighted by atomic mass is 10.1. The molecule has 0 fully saturated rings. The molecule has 0 saturated heterocycles. The number of rotatable bonds is 3. The zero-order chi connectivity index (χ0) is 17.1. The van der Waals surface area contributed by atoms with E-state index in [2.05, 4.69) is 16.4 Å². The number of aromatic nitrogens is 1. The van der Waals surface area contributed by atoms with E-state index in [-0.39, 0.29) is 5.91 Å². The molecule has 0 aliphatic rings. The van der Waals surface area contributed by atoms with Gasteiger partial charge in [0.1, 0.15) is 0 Å². The first-order valence-corrected chi connectivity index (χ1v) is 8.02. The molecule has 0 radical (unpaired) electrons. The van der Waals surface area contributed by atoms with Crippen molar-refractivity contribution < 1.29 is 4.79 Å². The Morgan fingerprint density at radius 3 is 2.75 bits per heavy atom. The lowest BCUT2D eigenvalue weighted by Gasteiger charge is -2.09. The van der Waals surface area contributed by atoms with Crippen LogP contribution in [0.3, 0.4) is 0 Å². The number of amides is 1. The molecule has 3 rings (SSSR count). The third-order valence-electron chi connectivity index (χ3n) is 3.76. The summed E-state index contributed by atoms with van der Waals surface area (Å²) in [6.45, 7) is 4.05. The minimum Gasteiger partial charge on any atom is -0.322 e. The monoisotopic (exact) mass is 336 g/mol. The van der Waals surface area contributed by atoms with Crippen molar-refractivity contribution in [2.24, 2.45) is 0 Å². The van der Waals surface area contributed by atoms with Crippen LogP contribution in [0, 0.1) is 13.8 Å². The molecule has 120 valence electrons. The van der Waals surface area contributed by atoms with E-state index in [9.17, 15) is 4.79 Å². The molecule has 0 bridgehead atoms. The van der Waals surface area contributed by atoms with Crippen molar-refractivity contribution in [2.45, 2.75) is 13.8 Å².